The average Bonchev–Trinajstić information content (AvgIpc) is 3.10. The lowest BCUT2D eigenvalue weighted by molar-refractivity contribution is -0.142. The number of carbonyl (C=O) groups is 2. The summed E-state index contributed by atoms with van der Waals surface area (Å²) in [7, 11) is 0. The molecule has 1 aromatic rings. The molecule has 1 saturated heterocycles. The zero-order chi connectivity index (χ0) is 17.1. The molecule has 2 aliphatic rings. The SMILES string of the molecule is CCC(=O)N1CCC(C(=O)N2N=CC[C@H]2c2cccc(F)c2)CC1. The summed E-state index contributed by atoms with van der Waals surface area (Å²) in [5, 5.41) is 5.72. The van der Waals surface area contributed by atoms with Gasteiger partial charge in [0.25, 0.3) is 0 Å². The minimum absolute atomic E-state index is 0.0263. The maximum Gasteiger partial charge on any atom is 0.246 e. The highest BCUT2D eigenvalue weighted by molar-refractivity contribution is 5.82. The molecule has 1 fully saturated rings. The molecule has 2 heterocycles. The van der Waals surface area contributed by atoms with Gasteiger partial charge in [-0.2, -0.15) is 5.10 Å². The summed E-state index contributed by atoms with van der Waals surface area (Å²) in [5.74, 6) is -0.324. The van der Waals surface area contributed by atoms with Crippen molar-refractivity contribution in [2.75, 3.05) is 13.1 Å². The predicted octanol–water partition coefficient (Wildman–Crippen LogP) is 2.73. The Morgan fingerprint density at radius 2 is 2.04 bits per heavy atom. The van der Waals surface area contributed by atoms with E-state index in [0.717, 1.165) is 5.56 Å². The second-order valence-corrected chi connectivity index (χ2v) is 6.30. The largest absolute Gasteiger partial charge is 0.343 e. The van der Waals surface area contributed by atoms with Crippen molar-refractivity contribution in [1.82, 2.24) is 9.91 Å². The van der Waals surface area contributed by atoms with Crippen LogP contribution in [-0.4, -0.2) is 41.0 Å². The Bertz CT molecular complexity index is 653. The summed E-state index contributed by atoms with van der Waals surface area (Å²) in [4.78, 5) is 26.4. The van der Waals surface area contributed by atoms with E-state index in [0.29, 0.717) is 38.8 Å². The molecule has 2 aliphatic heterocycles. The van der Waals surface area contributed by atoms with E-state index in [1.165, 1.54) is 17.1 Å². The molecular formula is C18H22FN3O2. The lowest BCUT2D eigenvalue weighted by Crippen LogP contribution is -2.43. The van der Waals surface area contributed by atoms with Crippen LogP contribution in [0, 0.1) is 11.7 Å². The van der Waals surface area contributed by atoms with Gasteiger partial charge < -0.3 is 4.90 Å². The van der Waals surface area contributed by atoms with Crippen molar-refractivity contribution in [2.24, 2.45) is 11.0 Å². The highest BCUT2D eigenvalue weighted by Crippen LogP contribution is 2.32. The summed E-state index contributed by atoms with van der Waals surface area (Å²) < 4.78 is 13.5. The Kier molecular flexibility index (Phi) is 4.92. The van der Waals surface area contributed by atoms with E-state index in [1.807, 2.05) is 17.9 Å². The zero-order valence-corrected chi connectivity index (χ0v) is 13.8. The molecule has 6 heteroatoms. The molecule has 3 rings (SSSR count). The van der Waals surface area contributed by atoms with Crippen molar-refractivity contribution in [2.45, 2.75) is 38.6 Å². The van der Waals surface area contributed by atoms with Crippen LogP contribution in [-0.2, 0) is 9.59 Å². The van der Waals surface area contributed by atoms with Gasteiger partial charge in [0.05, 0.1) is 6.04 Å². The second kappa shape index (κ2) is 7.11. The Balaban J connectivity index is 1.66. The van der Waals surface area contributed by atoms with Crippen LogP contribution in [0.4, 0.5) is 4.39 Å². The van der Waals surface area contributed by atoms with Crippen LogP contribution in [0.1, 0.15) is 44.2 Å². The third-order valence-corrected chi connectivity index (χ3v) is 4.79. The first kappa shape index (κ1) is 16.6. The molecule has 0 bridgehead atoms. The van der Waals surface area contributed by atoms with E-state index in [4.69, 9.17) is 0 Å². The van der Waals surface area contributed by atoms with E-state index in [1.54, 1.807) is 12.3 Å². The fraction of sp³-hybridized carbons (Fsp3) is 0.500. The maximum atomic E-state index is 13.5. The molecular weight excluding hydrogens is 309 g/mol. The third kappa shape index (κ3) is 3.32. The van der Waals surface area contributed by atoms with Crippen molar-refractivity contribution in [3.8, 4) is 0 Å². The van der Waals surface area contributed by atoms with Gasteiger partial charge in [0, 0.05) is 38.1 Å². The first-order chi connectivity index (χ1) is 11.6. The van der Waals surface area contributed by atoms with Gasteiger partial charge in [0.15, 0.2) is 0 Å². The monoisotopic (exact) mass is 331 g/mol. The number of carbonyl (C=O) groups excluding carboxylic acids is 2. The van der Waals surface area contributed by atoms with Crippen molar-refractivity contribution in [3.05, 3.63) is 35.6 Å². The molecule has 5 nitrogen and oxygen atoms in total. The summed E-state index contributed by atoms with van der Waals surface area (Å²) in [6.45, 7) is 3.08. The maximum absolute atomic E-state index is 13.5. The number of hydrogen-bond acceptors (Lipinski definition) is 3. The lowest BCUT2D eigenvalue weighted by atomic mass is 9.94. The number of hydrogen-bond donors (Lipinski definition) is 0. The number of nitrogens with zero attached hydrogens (tertiary/aromatic N) is 3. The van der Waals surface area contributed by atoms with E-state index < -0.39 is 0 Å². The van der Waals surface area contributed by atoms with E-state index >= 15 is 0 Å². The Hall–Kier alpha value is -2.24. The van der Waals surface area contributed by atoms with Gasteiger partial charge in [-0.15, -0.1) is 0 Å². The van der Waals surface area contributed by atoms with Crippen LogP contribution in [0.2, 0.25) is 0 Å². The normalized spacial score (nSPS) is 21.3. The first-order valence-corrected chi connectivity index (χ1v) is 8.49. The Labute approximate surface area is 141 Å². The molecule has 0 N–H and O–H groups in total. The smallest absolute Gasteiger partial charge is 0.246 e. The predicted molar refractivity (Wildman–Crippen MR) is 88.7 cm³/mol. The summed E-state index contributed by atoms with van der Waals surface area (Å²) in [6, 6.07) is 6.10. The fourth-order valence-corrected chi connectivity index (χ4v) is 3.40. The van der Waals surface area contributed by atoms with Crippen LogP contribution >= 0.6 is 0 Å². The van der Waals surface area contributed by atoms with Gasteiger partial charge in [0.1, 0.15) is 5.82 Å². The lowest BCUT2D eigenvalue weighted by Gasteiger charge is -2.33. The number of rotatable bonds is 3. The number of halogens is 1. The Morgan fingerprint density at radius 1 is 1.29 bits per heavy atom. The van der Waals surface area contributed by atoms with Gasteiger partial charge in [-0.05, 0) is 30.5 Å². The average molecular weight is 331 g/mol. The van der Waals surface area contributed by atoms with Crippen LogP contribution in [0.15, 0.2) is 29.4 Å². The number of likely N-dealkylation sites (tertiary alicyclic amines) is 1. The van der Waals surface area contributed by atoms with Gasteiger partial charge in [-0.25, -0.2) is 9.40 Å². The highest BCUT2D eigenvalue weighted by Gasteiger charge is 2.35. The molecule has 1 atom stereocenters. The fourth-order valence-electron chi connectivity index (χ4n) is 3.40. The van der Waals surface area contributed by atoms with Gasteiger partial charge in [-0.1, -0.05) is 19.1 Å². The highest BCUT2D eigenvalue weighted by atomic mass is 19.1. The third-order valence-electron chi connectivity index (χ3n) is 4.79. The summed E-state index contributed by atoms with van der Waals surface area (Å²) >= 11 is 0. The molecule has 1 aromatic carbocycles. The number of piperidine rings is 1. The van der Waals surface area contributed by atoms with Crippen molar-refractivity contribution >= 4 is 18.0 Å². The van der Waals surface area contributed by atoms with Crippen LogP contribution in [0.3, 0.4) is 0 Å². The van der Waals surface area contributed by atoms with Crippen LogP contribution < -0.4 is 0 Å². The standard InChI is InChI=1S/C18H22FN3O2/c1-2-17(23)21-10-7-13(8-11-21)18(24)22-16(6-9-20-22)14-4-3-5-15(19)12-14/h3-5,9,12-13,16H,2,6-8,10-11H2,1H3/t16-/m0/s1. The van der Waals surface area contributed by atoms with Gasteiger partial charge >= 0.3 is 0 Å². The molecule has 0 aromatic heterocycles. The first-order valence-electron chi connectivity index (χ1n) is 8.49. The summed E-state index contributed by atoms with van der Waals surface area (Å²) in [5.41, 5.74) is 0.763. The van der Waals surface area contributed by atoms with Gasteiger partial charge in [-0.3, -0.25) is 9.59 Å². The van der Waals surface area contributed by atoms with Crippen molar-refractivity contribution < 1.29 is 14.0 Å². The summed E-state index contributed by atoms with van der Waals surface area (Å²) in [6.07, 6.45) is 4.13. The molecule has 2 amide bonds. The minimum atomic E-state index is -0.307. The minimum Gasteiger partial charge on any atom is -0.343 e. The second-order valence-electron chi connectivity index (χ2n) is 6.30. The molecule has 0 unspecified atom stereocenters. The quantitative estimate of drug-likeness (QED) is 0.855. The topological polar surface area (TPSA) is 53.0 Å². The molecule has 0 spiro atoms. The Morgan fingerprint density at radius 3 is 2.71 bits per heavy atom. The van der Waals surface area contributed by atoms with E-state index in [2.05, 4.69) is 5.10 Å². The van der Waals surface area contributed by atoms with Gasteiger partial charge in [0.2, 0.25) is 11.8 Å². The molecule has 0 radical (unpaired) electrons. The van der Waals surface area contributed by atoms with Crippen LogP contribution in [0.25, 0.3) is 0 Å². The number of amides is 2. The van der Waals surface area contributed by atoms with E-state index in [9.17, 15) is 14.0 Å². The van der Waals surface area contributed by atoms with Crippen LogP contribution in [0.5, 0.6) is 0 Å². The van der Waals surface area contributed by atoms with Crippen molar-refractivity contribution in [3.63, 3.8) is 0 Å². The molecule has 0 aliphatic carbocycles. The van der Waals surface area contributed by atoms with Crippen molar-refractivity contribution in [1.29, 1.82) is 0 Å². The zero-order valence-electron chi connectivity index (χ0n) is 13.8. The molecule has 128 valence electrons. The molecule has 0 saturated carbocycles. The molecule has 24 heavy (non-hydrogen) atoms. The number of benzene rings is 1. The van der Waals surface area contributed by atoms with E-state index in [-0.39, 0.29) is 29.6 Å². The number of hydrazone groups is 1.